The summed E-state index contributed by atoms with van der Waals surface area (Å²) in [6.45, 7) is 0.802. The predicted octanol–water partition coefficient (Wildman–Crippen LogP) is 2.53. The number of imidazole rings is 1. The molecule has 0 saturated heterocycles. The fourth-order valence-corrected chi connectivity index (χ4v) is 3.30. The van der Waals surface area contributed by atoms with Crippen LogP contribution in [0.15, 0.2) is 59.4 Å². The maximum absolute atomic E-state index is 12.4. The van der Waals surface area contributed by atoms with Gasteiger partial charge in [-0.25, -0.2) is 4.79 Å². The molecule has 0 saturated carbocycles. The molecule has 2 N–H and O–H groups in total. The van der Waals surface area contributed by atoms with Crippen LogP contribution in [0, 0.1) is 0 Å². The van der Waals surface area contributed by atoms with E-state index in [1.807, 2.05) is 54.6 Å². The Morgan fingerprint density at radius 1 is 1.08 bits per heavy atom. The van der Waals surface area contributed by atoms with E-state index in [1.54, 1.807) is 16.2 Å². The number of rotatable bonds is 5. The molecule has 6 heteroatoms. The molecule has 0 aliphatic heterocycles. The molecule has 0 radical (unpaired) electrons. The third-order valence-corrected chi connectivity index (χ3v) is 4.68. The van der Waals surface area contributed by atoms with E-state index in [1.165, 1.54) is 0 Å². The van der Waals surface area contributed by atoms with Gasteiger partial charge in [0.1, 0.15) is 0 Å². The molecule has 0 unspecified atom stereocenters. The monoisotopic (exact) mass is 348 g/mol. The zero-order valence-corrected chi connectivity index (χ0v) is 14.5. The van der Waals surface area contributed by atoms with Crippen molar-refractivity contribution in [3.8, 4) is 0 Å². The molecule has 26 heavy (non-hydrogen) atoms. The van der Waals surface area contributed by atoms with Crippen molar-refractivity contribution in [2.45, 2.75) is 19.5 Å². The van der Waals surface area contributed by atoms with Gasteiger partial charge < -0.3 is 10.3 Å². The molecule has 2 aromatic heterocycles. The molecule has 132 valence electrons. The van der Waals surface area contributed by atoms with E-state index in [0.717, 1.165) is 27.6 Å². The Morgan fingerprint density at radius 3 is 2.62 bits per heavy atom. The Bertz CT molecular complexity index is 1120. The normalized spacial score (nSPS) is 11.3. The highest BCUT2D eigenvalue weighted by Gasteiger charge is 2.11. The summed E-state index contributed by atoms with van der Waals surface area (Å²) in [4.78, 5) is 27.9. The van der Waals surface area contributed by atoms with Gasteiger partial charge in [-0.3, -0.25) is 13.9 Å². The van der Waals surface area contributed by atoms with Gasteiger partial charge in [0.25, 0.3) is 0 Å². The van der Waals surface area contributed by atoms with E-state index in [2.05, 4.69) is 10.3 Å². The third kappa shape index (κ3) is 2.90. The summed E-state index contributed by atoms with van der Waals surface area (Å²) >= 11 is 0. The number of aryl methyl sites for hydroxylation is 2. The molecule has 2 heterocycles. The third-order valence-electron chi connectivity index (χ3n) is 4.68. The number of aromatic nitrogens is 3. The fraction of sp³-hybridized carbons (Fsp3) is 0.200. The lowest BCUT2D eigenvalue weighted by atomic mass is 10.2. The predicted molar refractivity (Wildman–Crippen MR) is 102 cm³/mol. The molecule has 4 rings (SSSR count). The maximum Gasteiger partial charge on any atom is 0.328 e. The van der Waals surface area contributed by atoms with Gasteiger partial charge in [0, 0.05) is 31.2 Å². The Balaban J connectivity index is 1.41. The molecule has 2 aromatic carbocycles. The number of benzene rings is 2. The van der Waals surface area contributed by atoms with Crippen LogP contribution in [0.4, 0.5) is 0 Å². The molecule has 0 aliphatic carbocycles. The van der Waals surface area contributed by atoms with Crippen LogP contribution in [0.25, 0.3) is 21.9 Å². The smallest absolute Gasteiger partial charge is 0.328 e. The number of fused-ring (bicyclic) bond motifs is 2. The molecular weight excluding hydrogens is 328 g/mol. The van der Waals surface area contributed by atoms with Gasteiger partial charge in [0.2, 0.25) is 5.91 Å². The van der Waals surface area contributed by atoms with Crippen LogP contribution in [0.3, 0.4) is 0 Å². The first kappa shape index (κ1) is 16.2. The van der Waals surface area contributed by atoms with Crippen LogP contribution in [-0.4, -0.2) is 20.0 Å². The van der Waals surface area contributed by atoms with Crippen molar-refractivity contribution in [2.24, 2.45) is 7.05 Å². The summed E-state index contributed by atoms with van der Waals surface area (Å²) in [5, 5.41) is 4.04. The Labute approximate surface area is 150 Å². The van der Waals surface area contributed by atoms with Gasteiger partial charge in [0.05, 0.1) is 17.6 Å². The maximum atomic E-state index is 12.4. The van der Waals surface area contributed by atoms with Crippen molar-refractivity contribution < 1.29 is 4.79 Å². The van der Waals surface area contributed by atoms with Crippen molar-refractivity contribution in [3.63, 3.8) is 0 Å². The van der Waals surface area contributed by atoms with Gasteiger partial charge in [0.15, 0.2) is 0 Å². The molecule has 1 amide bonds. The number of nitrogens with one attached hydrogen (secondary N) is 2. The summed E-state index contributed by atoms with van der Waals surface area (Å²) in [5.74, 6) is -0.0801. The van der Waals surface area contributed by atoms with Crippen LogP contribution >= 0.6 is 0 Å². The number of H-pyrrole nitrogens is 1. The fourth-order valence-electron chi connectivity index (χ4n) is 3.30. The van der Waals surface area contributed by atoms with E-state index in [-0.39, 0.29) is 18.0 Å². The van der Waals surface area contributed by atoms with E-state index in [9.17, 15) is 9.59 Å². The van der Waals surface area contributed by atoms with Crippen molar-refractivity contribution >= 4 is 27.8 Å². The van der Waals surface area contributed by atoms with Crippen LogP contribution in [0.2, 0.25) is 0 Å². The number of carbonyl (C=O) groups excluding carboxylic acids is 1. The number of hydrogen-bond acceptors (Lipinski definition) is 2. The van der Waals surface area contributed by atoms with Gasteiger partial charge in [-0.15, -0.1) is 0 Å². The van der Waals surface area contributed by atoms with Crippen LogP contribution in [-0.2, 0) is 24.9 Å². The molecular formula is C20H20N4O2. The molecule has 0 fully saturated rings. The minimum atomic E-state index is -0.102. The van der Waals surface area contributed by atoms with Crippen molar-refractivity contribution in [1.82, 2.24) is 19.4 Å². The Hall–Kier alpha value is -3.28. The topological polar surface area (TPSA) is 71.8 Å². The van der Waals surface area contributed by atoms with Crippen molar-refractivity contribution in [2.75, 3.05) is 0 Å². The number of amides is 1. The Morgan fingerprint density at radius 2 is 1.81 bits per heavy atom. The van der Waals surface area contributed by atoms with E-state index < -0.39 is 0 Å². The summed E-state index contributed by atoms with van der Waals surface area (Å²) < 4.78 is 3.26. The second-order valence-corrected chi connectivity index (χ2v) is 6.39. The van der Waals surface area contributed by atoms with Gasteiger partial charge in [-0.05, 0) is 29.7 Å². The lowest BCUT2D eigenvalue weighted by Crippen LogP contribution is -2.27. The molecule has 0 atom stereocenters. The van der Waals surface area contributed by atoms with Crippen molar-refractivity contribution in [3.05, 3.63) is 70.8 Å². The quantitative estimate of drug-likeness (QED) is 0.582. The molecule has 0 spiro atoms. The molecule has 0 aliphatic rings. The van der Waals surface area contributed by atoms with Crippen molar-refractivity contribution in [1.29, 1.82) is 0 Å². The highest BCUT2D eigenvalue weighted by molar-refractivity contribution is 5.81. The average molecular weight is 348 g/mol. The molecule has 4 aromatic rings. The standard InChI is InChI=1S/C20H20N4O2/c1-23-17-8-4-5-9-18(17)24(20(23)26)11-10-19(25)21-13-15-12-14-6-2-3-7-16(14)22-15/h2-9,12,22H,10-11,13H2,1H3,(H,21,25). The lowest BCUT2D eigenvalue weighted by Gasteiger charge is -2.05. The number of para-hydroxylation sites is 3. The average Bonchev–Trinajstić information content (AvgIpc) is 3.18. The van der Waals surface area contributed by atoms with Gasteiger partial charge in [-0.2, -0.15) is 0 Å². The van der Waals surface area contributed by atoms with Crippen LogP contribution in [0.5, 0.6) is 0 Å². The summed E-state index contributed by atoms with van der Waals surface area (Å²) in [7, 11) is 1.75. The number of carbonyl (C=O) groups is 1. The number of nitrogens with zero attached hydrogens (tertiary/aromatic N) is 2. The SMILES string of the molecule is Cn1c(=O)n(CCC(=O)NCc2cc3ccccc3[nH]2)c2ccccc21. The number of aromatic amines is 1. The summed E-state index contributed by atoms with van der Waals surface area (Å²) in [5.41, 5.74) is 3.63. The van der Waals surface area contributed by atoms with Crippen LogP contribution in [0.1, 0.15) is 12.1 Å². The molecule has 6 nitrogen and oxygen atoms in total. The second-order valence-electron chi connectivity index (χ2n) is 6.39. The first-order valence-electron chi connectivity index (χ1n) is 8.61. The Kier molecular flexibility index (Phi) is 4.08. The van der Waals surface area contributed by atoms with E-state index >= 15 is 0 Å². The molecule has 0 bridgehead atoms. The van der Waals surface area contributed by atoms with Gasteiger partial charge in [-0.1, -0.05) is 30.3 Å². The van der Waals surface area contributed by atoms with Crippen LogP contribution < -0.4 is 11.0 Å². The lowest BCUT2D eigenvalue weighted by molar-refractivity contribution is -0.121. The highest BCUT2D eigenvalue weighted by Crippen LogP contribution is 2.14. The van der Waals surface area contributed by atoms with Gasteiger partial charge >= 0.3 is 5.69 Å². The van der Waals surface area contributed by atoms with E-state index in [4.69, 9.17) is 0 Å². The zero-order chi connectivity index (χ0) is 18.1. The summed E-state index contributed by atoms with van der Waals surface area (Å²) in [6.07, 6.45) is 0.258. The van der Waals surface area contributed by atoms with E-state index in [0.29, 0.717) is 13.1 Å². The minimum absolute atomic E-state index is 0.0801. The summed E-state index contributed by atoms with van der Waals surface area (Å²) in [6, 6.07) is 17.6. The minimum Gasteiger partial charge on any atom is -0.357 e. The second kappa shape index (κ2) is 6.55. The first-order chi connectivity index (χ1) is 12.6. The highest BCUT2D eigenvalue weighted by atomic mass is 16.2. The zero-order valence-electron chi connectivity index (χ0n) is 14.5. The number of hydrogen-bond donors (Lipinski definition) is 2. The largest absolute Gasteiger partial charge is 0.357 e. The first-order valence-corrected chi connectivity index (χ1v) is 8.61.